The number of anilines is 2. The third-order valence-corrected chi connectivity index (χ3v) is 6.00. The SMILES string of the molecule is CCO[C@H]1CC[C@H](N2CCC(c3c(OC)ccc(N)c3N)CC2)CC1. The average Bonchev–Trinajstić information content (AvgIpc) is 2.65. The molecule has 1 aromatic carbocycles. The number of ether oxygens (including phenoxy) is 2. The number of hydrogen-bond acceptors (Lipinski definition) is 5. The Hall–Kier alpha value is -1.46. The van der Waals surface area contributed by atoms with Crippen LogP contribution in [0.3, 0.4) is 0 Å². The molecule has 5 nitrogen and oxygen atoms in total. The van der Waals surface area contributed by atoms with Gasteiger partial charge in [-0.1, -0.05) is 0 Å². The third kappa shape index (κ3) is 4.04. The van der Waals surface area contributed by atoms with E-state index in [1.54, 1.807) is 7.11 Å². The van der Waals surface area contributed by atoms with Gasteiger partial charge in [-0.15, -0.1) is 0 Å². The summed E-state index contributed by atoms with van der Waals surface area (Å²) >= 11 is 0. The van der Waals surface area contributed by atoms with E-state index in [1.165, 1.54) is 25.7 Å². The lowest BCUT2D eigenvalue weighted by Gasteiger charge is -2.41. The van der Waals surface area contributed by atoms with Crippen molar-refractivity contribution in [3.8, 4) is 5.75 Å². The number of methoxy groups -OCH3 is 1. The van der Waals surface area contributed by atoms with Crippen molar-refractivity contribution in [1.29, 1.82) is 0 Å². The normalized spacial score (nSPS) is 25.8. The molecule has 140 valence electrons. The fraction of sp³-hybridized carbons (Fsp3) is 0.700. The molecule has 1 heterocycles. The van der Waals surface area contributed by atoms with Crippen LogP contribution in [0.4, 0.5) is 11.4 Å². The molecule has 2 fully saturated rings. The molecule has 5 heteroatoms. The van der Waals surface area contributed by atoms with E-state index < -0.39 is 0 Å². The highest BCUT2D eigenvalue weighted by Crippen LogP contribution is 2.41. The topological polar surface area (TPSA) is 73.7 Å². The van der Waals surface area contributed by atoms with Gasteiger partial charge in [-0.2, -0.15) is 0 Å². The number of nitrogens with two attached hydrogens (primary N) is 2. The smallest absolute Gasteiger partial charge is 0.124 e. The Morgan fingerprint density at radius 1 is 1.04 bits per heavy atom. The molecule has 0 unspecified atom stereocenters. The maximum absolute atomic E-state index is 6.28. The molecule has 2 aliphatic rings. The molecule has 0 radical (unpaired) electrons. The molecular weight excluding hydrogens is 314 g/mol. The van der Waals surface area contributed by atoms with E-state index in [-0.39, 0.29) is 0 Å². The summed E-state index contributed by atoms with van der Waals surface area (Å²) in [5, 5.41) is 0. The lowest BCUT2D eigenvalue weighted by Crippen LogP contribution is -2.43. The quantitative estimate of drug-likeness (QED) is 0.799. The highest BCUT2D eigenvalue weighted by Gasteiger charge is 2.31. The molecule has 1 aliphatic heterocycles. The summed E-state index contributed by atoms with van der Waals surface area (Å²) in [6, 6.07) is 4.50. The molecule has 1 aromatic rings. The molecule has 0 spiro atoms. The Morgan fingerprint density at radius 3 is 2.32 bits per heavy atom. The van der Waals surface area contributed by atoms with Gasteiger partial charge in [-0.25, -0.2) is 0 Å². The summed E-state index contributed by atoms with van der Waals surface area (Å²) in [6.45, 7) is 5.19. The molecule has 0 bridgehead atoms. The first-order chi connectivity index (χ1) is 12.1. The zero-order valence-corrected chi connectivity index (χ0v) is 15.7. The Balaban J connectivity index is 1.59. The van der Waals surface area contributed by atoms with Gasteiger partial charge in [-0.05, 0) is 76.6 Å². The standard InChI is InChI=1S/C20H33N3O2/c1-3-25-16-6-4-15(5-7-16)23-12-10-14(11-13-23)19-18(24-2)9-8-17(21)20(19)22/h8-9,14-16H,3-7,10-13,21-22H2,1-2H3/t15-,16-. The predicted molar refractivity (Wildman–Crippen MR) is 103 cm³/mol. The minimum absolute atomic E-state index is 0.439. The highest BCUT2D eigenvalue weighted by molar-refractivity contribution is 5.72. The van der Waals surface area contributed by atoms with Crippen LogP contribution in [0.1, 0.15) is 56.9 Å². The number of piperidine rings is 1. The van der Waals surface area contributed by atoms with E-state index in [0.717, 1.165) is 49.9 Å². The number of rotatable bonds is 5. The fourth-order valence-corrected chi connectivity index (χ4v) is 4.60. The average molecular weight is 348 g/mol. The van der Waals surface area contributed by atoms with E-state index >= 15 is 0 Å². The monoisotopic (exact) mass is 347 g/mol. The highest BCUT2D eigenvalue weighted by atomic mass is 16.5. The number of nitrogens with zero attached hydrogens (tertiary/aromatic N) is 1. The third-order valence-electron chi connectivity index (χ3n) is 6.00. The Morgan fingerprint density at radius 2 is 1.72 bits per heavy atom. The zero-order valence-electron chi connectivity index (χ0n) is 15.7. The summed E-state index contributed by atoms with van der Waals surface area (Å²) in [4.78, 5) is 2.67. The van der Waals surface area contributed by atoms with Crippen LogP contribution in [0.2, 0.25) is 0 Å². The maximum Gasteiger partial charge on any atom is 0.124 e. The second kappa shape index (κ2) is 8.28. The van der Waals surface area contributed by atoms with Crippen molar-refractivity contribution < 1.29 is 9.47 Å². The lowest BCUT2D eigenvalue weighted by atomic mass is 9.85. The first-order valence-electron chi connectivity index (χ1n) is 9.71. The summed E-state index contributed by atoms with van der Waals surface area (Å²) in [7, 11) is 1.71. The van der Waals surface area contributed by atoms with Gasteiger partial charge in [0.25, 0.3) is 0 Å². The largest absolute Gasteiger partial charge is 0.496 e. The molecule has 1 saturated heterocycles. The van der Waals surface area contributed by atoms with Gasteiger partial charge in [0.05, 0.1) is 24.6 Å². The van der Waals surface area contributed by atoms with E-state index in [0.29, 0.717) is 23.4 Å². The molecule has 3 rings (SSSR count). The van der Waals surface area contributed by atoms with E-state index in [2.05, 4.69) is 11.8 Å². The summed E-state index contributed by atoms with van der Waals surface area (Å²) in [5.41, 5.74) is 14.8. The number of nitrogen functional groups attached to an aromatic ring is 2. The Bertz CT molecular complexity index is 562. The van der Waals surface area contributed by atoms with Gasteiger partial charge < -0.3 is 25.8 Å². The minimum Gasteiger partial charge on any atom is -0.496 e. The molecule has 0 aromatic heterocycles. The van der Waals surface area contributed by atoms with Crippen LogP contribution >= 0.6 is 0 Å². The van der Waals surface area contributed by atoms with Crippen molar-refractivity contribution in [2.24, 2.45) is 0 Å². The Kier molecular flexibility index (Phi) is 6.07. The zero-order chi connectivity index (χ0) is 17.8. The molecule has 1 aliphatic carbocycles. The molecule has 1 saturated carbocycles. The van der Waals surface area contributed by atoms with Crippen molar-refractivity contribution in [3.05, 3.63) is 17.7 Å². The van der Waals surface area contributed by atoms with Crippen molar-refractivity contribution in [3.63, 3.8) is 0 Å². The fourth-order valence-electron chi connectivity index (χ4n) is 4.60. The number of benzene rings is 1. The minimum atomic E-state index is 0.439. The molecule has 25 heavy (non-hydrogen) atoms. The lowest BCUT2D eigenvalue weighted by molar-refractivity contribution is 0.00943. The second-order valence-electron chi connectivity index (χ2n) is 7.38. The predicted octanol–water partition coefficient (Wildman–Crippen LogP) is 3.39. The Labute approximate surface area is 151 Å². The molecular formula is C20H33N3O2. The first kappa shape index (κ1) is 18.3. The summed E-state index contributed by atoms with van der Waals surface area (Å²) in [5.74, 6) is 1.32. The van der Waals surface area contributed by atoms with Crippen LogP contribution in [0.25, 0.3) is 0 Å². The van der Waals surface area contributed by atoms with E-state index in [4.69, 9.17) is 20.9 Å². The van der Waals surface area contributed by atoms with E-state index in [9.17, 15) is 0 Å². The van der Waals surface area contributed by atoms with Crippen LogP contribution in [-0.4, -0.2) is 43.9 Å². The number of hydrogen-bond donors (Lipinski definition) is 2. The maximum atomic E-state index is 6.28. The second-order valence-corrected chi connectivity index (χ2v) is 7.38. The van der Waals surface area contributed by atoms with Crippen LogP contribution < -0.4 is 16.2 Å². The van der Waals surface area contributed by atoms with Crippen molar-refractivity contribution in [2.45, 2.75) is 63.5 Å². The van der Waals surface area contributed by atoms with Gasteiger partial charge in [0.1, 0.15) is 5.75 Å². The van der Waals surface area contributed by atoms with Crippen LogP contribution in [-0.2, 0) is 4.74 Å². The van der Waals surface area contributed by atoms with Gasteiger partial charge in [-0.3, -0.25) is 0 Å². The van der Waals surface area contributed by atoms with Crippen molar-refractivity contribution in [1.82, 2.24) is 4.90 Å². The van der Waals surface area contributed by atoms with Gasteiger partial charge in [0.2, 0.25) is 0 Å². The van der Waals surface area contributed by atoms with Crippen LogP contribution in [0.15, 0.2) is 12.1 Å². The summed E-state index contributed by atoms with van der Waals surface area (Å²) in [6.07, 6.45) is 7.65. The summed E-state index contributed by atoms with van der Waals surface area (Å²) < 4.78 is 11.3. The molecule has 4 N–H and O–H groups in total. The van der Waals surface area contributed by atoms with Crippen LogP contribution in [0.5, 0.6) is 5.75 Å². The first-order valence-corrected chi connectivity index (χ1v) is 9.71. The van der Waals surface area contributed by atoms with E-state index in [1.807, 2.05) is 12.1 Å². The van der Waals surface area contributed by atoms with Crippen LogP contribution in [0, 0.1) is 0 Å². The molecule has 0 atom stereocenters. The number of likely N-dealkylation sites (tertiary alicyclic amines) is 1. The van der Waals surface area contributed by atoms with Gasteiger partial charge in [0, 0.05) is 18.2 Å². The van der Waals surface area contributed by atoms with Crippen molar-refractivity contribution in [2.75, 3.05) is 38.3 Å². The van der Waals surface area contributed by atoms with Gasteiger partial charge in [0.15, 0.2) is 0 Å². The van der Waals surface area contributed by atoms with Gasteiger partial charge >= 0.3 is 0 Å². The van der Waals surface area contributed by atoms with Crippen molar-refractivity contribution >= 4 is 11.4 Å². The molecule has 0 amide bonds.